The van der Waals surface area contributed by atoms with Crippen LogP contribution in [0.3, 0.4) is 0 Å². The molecule has 0 unspecified atom stereocenters. The number of carbonyl (C=O) groups is 2. The normalized spacial score (nSPS) is 10.6. The molecular weight excluding hydrogens is 429 g/mol. The average molecular weight is 454 g/mol. The van der Waals surface area contributed by atoms with Gasteiger partial charge in [-0.1, -0.05) is 37.0 Å². The Morgan fingerprint density at radius 3 is 2.40 bits per heavy atom. The molecule has 0 radical (unpaired) electrons. The summed E-state index contributed by atoms with van der Waals surface area (Å²) in [6.07, 6.45) is 3.13. The topological polar surface area (TPSA) is 80.6 Å². The summed E-state index contributed by atoms with van der Waals surface area (Å²) in [7, 11) is 1.53. The minimum atomic E-state index is -0.554. The standard InChI is InChI=1S/C21H25Cl2N3O4/c1-4-8-26(9-5-2)20(28)14-10-17(21(29)25(3)12-14)24-19(27)13-30-18-7-6-15(22)11-16(18)23/h6-7,10-12H,4-5,8-9,13H2,1-3H3,(H,24,27). The minimum absolute atomic E-state index is 0.00657. The SMILES string of the molecule is CCCN(CCC)C(=O)c1cc(NC(=O)COc2ccc(Cl)cc2Cl)c(=O)n(C)c1. The fourth-order valence-corrected chi connectivity index (χ4v) is 3.34. The van der Waals surface area contributed by atoms with E-state index in [2.05, 4.69) is 5.32 Å². The van der Waals surface area contributed by atoms with Gasteiger partial charge in [-0.3, -0.25) is 14.4 Å². The van der Waals surface area contributed by atoms with Crippen LogP contribution in [-0.2, 0) is 11.8 Å². The van der Waals surface area contributed by atoms with E-state index in [1.54, 1.807) is 17.0 Å². The maximum Gasteiger partial charge on any atom is 0.274 e. The summed E-state index contributed by atoms with van der Waals surface area (Å²) in [5.74, 6) is -0.446. The van der Waals surface area contributed by atoms with Crippen LogP contribution in [0.5, 0.6) is 5.75 Å². The molecule has 0 bridgehead atoms. The lowest BCUT2D eigenvalue weighted by molar-refractivity contribution is -0.118. The Bertz CT molecular complexity index is 969. The first-order valence-electron chi connectivity index (χ1n) is 9.64. The zero-order valence-corrected chi connectivity index (χ0v) is 18.7. The Balaban J connectivity index is 2.15. The molecule has 2 amide bonds. The van der Waals surface area contributed by atoms with Crippen LogP contribution in [0, 0.1) is 0 Å². The molecule has 0 fully saturated rings. The van der Waals surface area contributed by atoms with Gasteiger partial charge in [-0.2, -0.15) is 0 Å². The summed E-state index contributed by atoms with van der Waals surface area (Å²) in [6.45, 7) is 4.87. The average Bonchev–Trinajstić information content (AvgIpc) is 2.70. The van der Waals surface area contributed by atoms with Gasteiger partial charge in [0.2, 0.25) is 0 Å². The van der Waals surface area contributed by atoms with E-state index in [1.165, 1.54) is 29.9 Å². The molecule has 30 heavy (non-hydrogen) atoms. The summed E-state index contributed by atoms with van der Waals surface area (Å²) in [4.78, 5) is 39.3. The molecule has 1 aromatic carbocycles. The van der Waals surface area contributed by atoms with Gasteiger partial charge in [0.05, 0.1) is 10.6 Å². The summed E-state index contributed by atoms with van der Waals surface area (Å²) < 4.78 is 6.66. The van der Waals surface area contributed by atoms with Crippen LogP contribution < -0.4 is 15.6 Å². The maximum atomic E-state index is 12.8. The van der Waals surface area contributed by atoms with Crippen molar-refractivity contribution in [3.05, 3.63) is 56.4 Å². The number of aromatic nitrogens is 1. The van der Waals surface area contributed by atoms with Gasteiger partial charge in [-0.15, -0.1) is 0 Å². The molecule has 0 spiro atoms. The minimum Gasteiger partial charge on any atom is -0.482 e. The van der Waals surface area contributed by atoms with Crippen molar-refractivity contribution in [2.24, 2.45) is 7.05 Å². The van der Waals surface area contributed by atoms with Gasteiger partial charge in [0.1, 0.15) is 11.4 Å². The van der Waals surface area contributed by atoms with Crippen molar-refractivity contribution < 1.29 is 14.3 Å². The predicted octanol–water partition coefficient (Wildman–Crippen LogP) is 3.97. The molecule has 0 aliphatic carbocycles. The van der Waals surface area contributed by atoms with Crippen molar-refractivity contribution in [1.29, 1.82) is 0 Å². The Labute approximate surface area is 185 Å². The van der Waals surface area contributed by atoms with E-state index in [9.17, 15) is 14.4 Å². The first-order chi connectivity index (χ1) is 14.3. The fraction of sp³-hybridized carbons (Fsp3) is 0.381. The fourth-order valence-electron chi connectivity index (χ4n) is 2.88. The molecule has 1 N–H and O–H groups in total. The van der Waals surface area contributed by atoms with Crippen molar-refractivity contribution in [3.8, 4) is 5.75 Å². The third kappa shape index (κ3) is 6.24. The molecule has 9 heteroatoms. The van der Waals surface area contributed by atoms with Crippen LogP contribution in [0.4, 0.5) is 5.69 Å². The van der Waals surface area contributed by atoms with Crippen LogP contribution in [0.25, 0.3) is 0 Å². The highest BCUT2D eigenvalue weighted by Gasteiger charge is 2.18. The number of anilines is 1. The smallest absolute Gasteiger partial charge is 0.274 e. The molecule has 2 aromatic rings. The van der Waals surface area contributed by atoms with E-state index >= 15 is 0 Å². The zero-order chi connectivity index (χ0) is 22.3. The number of hydrogen-bond donors (Lipinski definition) is 1. The molecule has 0 aliphatic heterocycles. The van der Waals surface area contributed by atoms with E-state index in [0.717, 1.165) is 12.8 Å². The third-order valence-electron chi connectivity index (χ3n) is 4.23. The molecule has 1 aromatic heterocycles. The van der Waals surface area contributed by atoms with Crippen LogP contribution >= 0.6 is 23.2 Å². The zero-order valence-electron chi connectivity index (χ0n) is 17.2. The van der Waals surface area contributed by atoms with E-state index in [4.69, 9.17) is 27.9 Å². The Kier molecular flexibility index (Phi) is 8.74. The Morgan fingerprint density at radius 2 is 1.80 bits per heavy atom. The van der Waals surface area contributed by atoms with E-state index in [0.29, 0.717) is 29.4 Å². The van der Waals surface area contributed by atoms with Crippen molar-refractivity contribution in [2.75, 3.05) is 25.0 Å². The molecular formula is C21H25Cl2N3O4. The van der Waals surface area contributed by atoms with Crippen molar-refractivity contribution in [2.45, 2.75) is 26.7 Å². The number of amides is 2. The lowest BCUT2D eigenvalue weighted by Crippen LogP contribution is -2.34. The monoisotopic (exact) mass is 453 g/mol. The first kappa shape index (κ1) is 23.8. The van der Waals surface area contributed by atoms with Gasteiger partial charge in [-0.05, 0) is 37.1 Å². The number of hydrogen-bond acceptors (Lipinski definition) is 4. The molecule has 0 saturated heterocycles. The number of halogens is 2. The molecule has 2 rings (SSSR count). The quantitative estimate of drug-likeness (QED) is 0.622. The summed E-state index contributed by atoms with van der Waals surface area (Å²) in [6, 6.07) is 6.03. The maximum absolute atomic E-state index is 12.8. The molecule has 1 heterocycles. The van der Waals surface area contributed by atoms with Gasteiger partial charge in [0.15, 0.2) is 6.61 Å². The second-order valence-electron chi connectivity index (χ2n) is 6.76. The lowest BCUT2D eigenvalue weighted by atomic mass is 10.2. The number of nitrogens with zero attached hydrogens (tertiary/aromatic N) is 2. The van der Waals surface area contributed by atoms with Crippen molar-refractivity contribution >= 4 is 40.7 Å². The summed E-state index contributed by atoms with van der Waals surface area (Å²) >= 11 is 11.9. The summed E-state index contributed by atoms with van der Waals surface area (Å²) in [5.41, 5.74) is -0.0926. The third-order valence-corrected chi connectivity index (χ3v) is 4.76. The van der Waals surface area contributed by atoms with Crippen LogP contribution in [0.1, 0.15) is 37.0 Å². The van der Waals surface area contributed by atoms with E-state index in [-0.39, 0.29) is 23.2 Å². The molecule has 0 saturated carbocycles. The number of carbonyl (C=O) groups excluding carboxylic acids is 2. The summed E-state index contributed by atoms with van der Waals surface area (Å²) in [5, 5.41) is 3.23. The number of aryl methyl sites for hydroxylation is 1. The van der Waals surface area contributed by atoms with Gasteiger partial charge < -0.3 is 19.5 Å². The lowest BCUT2D eigenvalue weighted by Gasteiger charge is -2.22. The van der Waals surface area contributed by atoms with Crippen LogP contribution in [-0.4, -0.2) is 41.0 Å². The van der Waals surface area contributed by atoms with E-state index < -0.39 is 11.5 Å². The number of rotatable bonds is 9. The van der Waals surface area contributed by atoms with Crippen molar-refractivity contribution in [1.82, 2.24) is 9.47 Å². The second-order valence-corrected chi connectivity index (χ2v) is 7.61. The number of ether oxygens (including phenoxy) is 1. The Hall–Kier alpha value is -2.51. The molecule has 0 aliphatic rings. The highest BCUT2D eigenvalue weighted by atomic mass is 35.5. The van der Waals surface area contributed by atoms with Gasteiger partial charge in [0, 0.05) is 31.4 Å². The van der Waals surface area contributed by atoms with Gasteiger partial charge in [-0.25, -0.2) is 0 Å². The molecule has 7 nitrogen and oxygen atoms in total. The Morgan fingerprint density at radius 1 is 1.13 bits per heavy atom. The highest BCUT2D eigenvalue weighted by molar-refractivity contribution is 6.35. The molecule has 162 valence electrons. The largest absolute Gasteiger partial charge is 0.482 e. The van der Waals surface area contributed by atoms with Gasteiger partial charge >= 0.3 is 0 Å². The van der Waals surface area contributed by atoms with Crippen molar-refractivity contribution in [3.63, 3.8) is 0 Å². The number of pyridine rings is 1. The van der Waals surface area contributed by atoms with E-state index in [1.807, 2.05) is 13.8 Å². The molecule has 0 atom stereocenters. The second kappa shape index (κ2) is 11.0. The number of benzene rings is 1. The van der Waals surface area contributed by atoms with Crippen LogP contribution in [0.2, 0.25) is 10.0 Å². The highest BCUT2D eigenvalue weighted by Crippen LogP contribution is 2.27. The number of nitrogens with one attached hydrogen (secondary N) is 1. The predicted molar refractivity (Wildman–Crippen MR) is 119 cm³/mol. The van der Waals surface area contributed by atoms with Crippen LogP contribution in [0.15, 0.2) is 35.3 Å². The van der Waals surface area contributed by atoms with Gasteiger partial charge in [0.25, 0.3) is 17.4 Å². The first-order valence-corrected chi connectivity index (χ1v) is 10.4.